The van der Waals surface area contributed by atoms with Gasteiger partial charge in [0.05, 0.1) is 6.04 Å². The van der Waals surface area contributed by atoms with Gasteiger partial charge in [-0.15, -0.1) is 0 Å². The highest BCUT2D eigenvalue weighted by Crippen LogP contribution is 2.44. The molecule has 1 aliphatic heterocycles. The van der Waals surface area contributed by atoms with Crippen molar-refractivity contribution in [3.63, 3.8) is 0 Å². The van der Waals surface area contributed by atoms with Crippen LogP contribution < -0.4 is 0 Å². The predicted octanol–water partition coefficient (Wildman–Crippen LogP) is 4.04. The molecule has 23 heavy (non-hydrogen) atoms. The Labute approximate surface area is 136 Å². The smallest absolute Gasteiger partial charge is 0.0554 e. The first kappa shape index (κ1) is 14.5. The zero-order valence-electron chi connectivity index (χ0n) is 14.1. The fraction of sp³-hybridized carbons (Fsp3) is 0.421. The molecule has 1 aliphatic rings. The topological polar surface area (TPSA) is 47.7 Å². The van der Waals surface area contributed by atoms with Gasteiger partial charge in [0, 0.05) is 41.6 Å². The number of hydrogen-bond acceptors (Lipinski definition) is 2. The highest BCUT2D eigenvalue weighted by Gasteiger charge is 2.38. The number of H-pyrrole nitrogens is 2. The van der Waals surface area contributed by atoms with Gasteiger partial charge in [-0.3, -0.25) is 10.00 Å². The van der Waals surface area contributed by atoms with E-state index in [1.165, 1.54) is 27.9 Å². The molecule has 0 fully saturated rings. The minimum Gasteiger partial charge on any atom is -0.357 e. The van der Waals surface area contributed by atoms with E-state index in [2.05, 4.69) is 71.2 Å². The molecule has 1 aromatic carbocycles. The standard InChI is InChI=1S/C19H24N4/c1-19(2,3)18-17-15(14-6-4-5-7-16(14)21-17)9-11-23(18)12-13-8-10-20-22-13/h4-8,10,18,21H,9,11-12H2,1-3H3,(H,20,22)/t18-/m0/s1. The molecule has 2 aromatic heterocycles. The molecule has 4 rings (SSSR count). The third-order valence-corrected chi connectivity index (χ3v) is 4.89. The lowest BCUT2D eigenvalue weighted by atomic mass is 9.79. The van der Waals surface area contributed by atoms with E-state index in [1.807, 2.05) is 6.20 Å². The summed E-state index contributed by atoms with van der Waals surface area (Å²) in [5, 5.41) is 8.59. The Kier molecular flexibility index (Phi) is 3.31. The monoisotopic (exact) mass is 308 g/mol. The molecule has 0 spiro atoms. The highest BCUT2D eigenvalue weighted by atomic mass is 15.2. The van der Waals surface area contributed by atoms with Gasteiger partial charge in [-0.2, -0.15) is 5.10 Å². The minimum atomic E-state index is 0.163. The quantitative estimate of drug-likeness (QED) is 0.750. The fourth-order valence-corrected chi connectivity index (χ4v) is 4.03. The van der Waals surface area contributed by atoms with E-state index in [4.69, 9.17) is 0 Å². The maximum Gasteiger partial charge on any atom is 0.0554 e. The van der Waals surface area contributed by atoms with Gasteiger partial charge >= 0.3 is 0 Å². The number of aromatic nitrogens is 3. The van der Waals surface area contributed by atoms with Gasteiger partial charge in [0.15, 0.2) is 0 Å². The fourth-order valence-electron chi connectivity index (χ4n) is 4.03. The van der Waals surface area contributed by atoms with Crippen molar-refractivity contribution in [3.05, 3.63) is 53.5 Å². The van der Waals surface area contributed by atoms with Crippen LogP contribution in [0.25, 0.3) is 10.9 Å². The van der Waals surface area contributed by atoms with Crippen LogP contribution in [0.5, 0.6) is 0 Å². The van der Waals surface area contributed by atoms with E-state index in [-0.39, 0.29) is 5.41 Å². The summed E-state index contributed by atoms with van der Waals surface area (Å²) < 4.78 is 0. The summed E-state index contributed by atoms with van der Waals surface area (Å²) in [6, 6.07) is 11.1. The van der Waals surface area contributed by atoms with Crippen molar-refractivity contribution in [1.82, 2.24) is 20.1 Å². The van der Waals surface area contributed by atoms with Crippen molar-refractivity contribution >= 4 is 10.9 Å². The Balaban J connectivity index is 1.79. The molecule has 0 amide bonds. The summed E-state index contributed by atoms with van der Waals surface area (Å²) >= 11 is 0. The van der Waals surface area contributed by atoms with Crippen LogP contribution in [0.15, 0.2) is 36.5 Å². The lowest BCUT2D eigenvalue weighted by Crippen LogP contribution is -2.41. The summed E-state index contributed by atoms with van der Waals surface area (Å²) in [4.78, 5) is 6.29. The molecular weight excluding hydrogens is 284 g/mol. The molecular formula is C19H24N4. The van der Waals surface area contributed by atoms with Crippen molar-refractivity contribution in [2.24, 2.45) is 5.41 Å². The lowest BCUT2D eigenvalue weighted by molar-refractivity contribution is 0.0781. The van der Waals surface area contributed by atoms with Gasteiger partial charge in [-0.05, 0) is 29.5 Å². The second kappa shape index (κ2) is 5.24. The van der Waals surface area contributed by atoms with E-state index in [9.17, 15) is 0 Å². The average Bonchev–Trinajstić information content (AvgIpc) is 3.12. The van der Waals surface area contributed by atoms with E-state index in [1.54, 1.807) is 0 Å². The van der Waals surface area contributed by atoms with Crippen LogP contribution in [0.3, 0.4) is 0 Å². The van der Waals surface area contributed by atoms with Gasteiger partial charge in [-0.25, -0.2) is 0 Å². The lowest BCUT2D eigenvalue weighted by Gasteiger charge is -2.43. The first-order valence-corrected chi connectivity index (χ1v) is 8.36. The second-order valence-electron chi connectivity index (χ2n) is 7.63. The van der Waals surface area contributed by atoms with Crippen molar-refractivity contribution in [2.45, 2.75) is 39.8 Å². The predicted molar refractivity (Wildman–Crippen MR) is 93.2 cm³/mol. The van der Waals surface area contributed by atoms with Gasteiger partial charge < -0.3 is 4.98 Å². The zero-order chi connectivity index (χ0) is 16.0. The number of nitrogens with zero attached hydrogens (tertiary/aromatic N) is 2. The van der Waals surface area contributed by atoms with Crippen LogP contribution in [0.4, 0.5) is 0 Å². The number of hydrogen-bond donors (Lipinski definition) is 2. The van der Waals surface area contributed by atoms with Crippen molar-refractivity contribution < 1.29 is 0 Å². The molecule has 4 nitrogen and oxygen atoms in total. The summed E-state index contributed by atoms with van der Waals surface area (Å²) in [5.41, 5.74) is 5.50. The molecule has 0 radical (unpaired) electrons. The SMILES string of the molecule is CC(C)(C)[C@@H]1c2[nH]c3ccccc3c2CCN1Cc1ccn[nH]1. The average molecular weight is 308 g/mol. The molecule has 2 N–H and O–H groups in total. The molecule has 120 valence electrons. The molecule has 0 aliphatic carbocycles. The largest absolute Gasteiger partial charge is 0.357 e. The molecule has 0 saturated carbocycles. The van der Waals surface area contributed by atoms with Gasteiger partial charge in [-0.1, -0.05) is 39.0 Å². The van der Waals surface area contributed by atoms with Crippen LogP contribution in [-0.2, 0) is 13.0 Å². The van der Waals surface area contributed by atoms with Crippen LogP contribution in [0.2, 0.25) is 0 Å². The van der Waals surface area contributed by atoms with Crippen molar-refractivity contribution in [3.8, 4) is 0 Å². The Morgan fingerprint density at radius 1 is 1.22 bits per heavy atom. The molecule has 1 atom stereocenters. The van der Waals surface area contributed by atoms with E-state index < -0.39 is 0 Å². The van der Waals surface area contributed by atoms with Crippen LogP contribution >= 0.6 is 0 Å². The first-order valence-electron chi connectivity index (χ1n) is 8.36. The molecule has 3 heterocycles. The Morgan fingerprint density at radius 2 is 2.04 bits per heavy atom. The number of aromatic amines is 2. The maximum atomic E-state index is 4.09. The van der Waals surface area contributed by atoms with Crippen LogP contribution in [0.1, 0.15) is 43.8 Å². The van der Waals surface area contributed by atoms with E-state index in [0.717, 1.165) is 19.5 Å². The minimum absolute atomic E-state index is 0.163. The first-order chi connectivity index (χ1) is 11.0. The highest BCUT2D eigenvalue weighted by molar-refractivity contribution is 5.85. The summed E-state index contributed by atoms with van der Waals surface area (Å²) in [5.74, 6) is 0. The molecule has 0 saturated heterocycles. The number of nitrogens with one attached hydrogen (secondary N) is 2. The summed E-state index contributed by atoms with van der Waals surface area (Å²) in [6.45, 7) is 8.99. The maximum absolute atomic E-state index is 4.09. The number of fused-ring (bicyclic) bond motifs is 3. The summed E-state index contributed by atoms with van der Waals surface area (Å²) in [6.07, 6.45) is 2.93. The Morgan fingerprint density at radius 3 is 2.78 bits per heavy atom. The van der Waals surface area contributed by atoms with Crippen molar-refractivity contribution in [1.29, 1.82) is 0 Å². The second-order valence-corrected chi connectivity index (χ2v) is 7.63. The number of para-hydroxylation sites is 1. The zero-order valence-corrected chi connectivity index (χ0v) is 14.1. The Hall–Kier alpha value is -2.07. The van der Waals surface area contributed by atoms with Gasteiger partial charge in [0.2, 0.25) is 0 Å². The number of rotatable bonds is 2. The van der Waals surface area contributed by atoms with Crippen molar-refractivity contribution in [2.75, 3.05) is 6.54 Å². The molecule has 0 bridgehead atoms. The van der Waals surface area contributed by atoms with Gasteiger partial charge in [0.25, 0.3) is 0 Å². The van der Waals surface area contributed by atoms with Crippen LogP contribution in [-0.4, -0.2) is 26.6 Å². The van der Waals surface area contributed by atoms with Crippen LogP contribution in [0, 0.1) is 5.41 Å². The molecule has 0 unspecified atom stereocenters. The number of benzene rings is 1. The molecule has 3 aromatic rings. The Bertz CT molecular complexity index is 808. The van der Waals surface area contributed by atoms with E-state index in [0.29, 0.717) is 6.04 Å². The molecule has 4 heteroatoms. The van der Waals surface area contributed by atoms with E-state index >= 15 is 0 Å². The normalized spacial score (nSPS) is 19.2. The van der Waals surface area contributed by atoms with Gasteiger partial charge in [0.1, 0.15) is 0 Å². The third-order valence-electron chi connectivity index (χ3n) is 4.89. The summed E-state index contributed by atoms with van der Waals surface area (Å²) in [7, 11) is 0. The third kappa shape index (κ3) is 2.47.